The molecule has 2 aliphatic heterocycles. The van der Waals surface area contributed by atoms with E-state index in [0.29, 0.717) is 48.5 Å². The van der Waals surface area contributed by atoms with Crippen LogP contribution in [0.1, 0.15) is 5.56 Å². The van der Waals surface area contributed by atoms with Gasteiger partial charge in [0, 0.05) is 24.5 Å². The summed E-state index contributed by atoms with van der Waals surface area (Å²) in [5.74, 6) is 3.85. The van der Waals surface area contributed by atoms with Gasteiger partial charge in [-0.25, -0.2) is 4.98 Å². The first-order valence-electron chi connectivity index (χ1n) is 10.4. The lowest BCUT2D eigenvalue weighted by Gasteiger charge is -2.19. The lowest BCUT2D eigenvalue weighted by molar-refractivity contribution is 0.171. The zero-order valence-corrected chi connectivity index (χ0v) is 17.4. The second-order valence-electron chi connectivity index (χ2n) is 7.34. The van der Waals surface area contributed by atoms with Gasteiger partial charge in [0.05, 0.1) is 5.56 Å². The largest absolute Gasteiger partial charge is 0.486 e. The smallest absolute Gasteiger partial charge is 0.320 e. The Hall–Kier alpha value is -4.47. The van der Waals surface area contributed by atoms with Gasteiger partial charge < -0.3 is 34.0 Å². The van der Waals surface area contributed by atoms with Crippen LogP contribution in [0.3, 0.4) is 0 Å². The minimum Gasteiger partial charge on any atom is -0.486 e. The van der Waals surface area contributed by atoms with Gasteiger partial charge >= 0.3 is 6.01 Å². The lowest BCUT2D eigenvalue weighted by Crippen LogP contribution is -2.15. The molecule has 0 unspecified atom stereocenters. The van der Waals surface area contributed by atoms with E-state index < -0.39 is 0 Å². The normalized spacial score (nSPS) is 13.6. The highest BCUT2D eigenvalue weighted by atomic mass is 16.7. The Kier molecular flexibility index (Phi) is 4.80. The van der Waals surface area contributed by atoms with Crippen molar-refractivity contribution in [2.75, 3.05) is 30.6 Å². The molecule has 2 N–H and O–H groups in total. The van der Waals surface area contributed by atoms with Crippen LogP contribution in [0.4, 0.5) is 17.5 Å². The average molecular weight is 445 g/mol. The second-order valence-corrected chi connectivity index (χ2v) is 7.34. The Bertz CT molecular complexity index is 1310. The number of hydrogen-bond donors (Lipinski definition) is 2. The zero-order chi connectivity index (χ0) is 22.0. The summed E-state index contributed by atoms with van der Waals surface area (Å²) in [6, 6.07) is 15.3. The number of pyridine rings is 1. The Balaban J connectivity index is 1.18. The van der Waals surface area contributed by atoms with Crippen molar-refractivity contribution in [1.29, 1.82) is 0 Å². The van der Waals surface area contributed by atoms with Gasteiger partial charge in [-0.15, -0.1) is 5.10 Å². The highest BCUT2D eigenvalue weighted by Crippen LogP contribution is 2.36. The molecule has 33 heavy (non-hydrogen) atoms. The summed E-state index contributed by atoms with van der Waals surface area (Å²) in [5, 5.41) is 14.7. The molecule has 0 amide bonds. The molecule has 0 bridgehead atoms. The van der Waals surface area contributed by atoms with Crippen LogP contribution in [0, 0.1) is 0 Å². The summed E-state index contributed by atoms with van der Waals surface area (Å²) in [6.45, 7) is 1.87. The van der Waals surface area contributed by atoms with Crippen LogP contribution in [0.15, 0.2) is 59.1 Å². The van der Waals surface area contributed by atoms with Gasteiger partial charge in [-0.05, 0) is 42.0 Å². The van der Waals surface area contributed by atoms with E-state index in [4.69, 9.17) is 23.4 Å². The van der Waals surface area contributed by atoms with Gasteiger partial charge in [-0.1, -0.05) is 11.2 Å². The van der Waals surface area contributed by atoms with Crippen LogP contribution < -0.4 is 29.6 Å². The molecule has 2 aromatic heterocycles. The molecule has 166 valence electrons. The van der Waals surface area contributed by atoms with Gasteiger partial charge in [-0.3, -0.25) is 0 Å². The molecule has 0 atom stereocenters. The fraction of sp³-hybridized carbons (Fsp3) is 0.174. The summed E-state index contributed by atoms with van der Waals surface area (Å²) >= 11 is 0. The molecule has 4 heterocycles. The fourth-order valence-electron chi connectivity index (χ4n) is 3.58. The van der Waals surface area contributed by atoms with Crippen LogP contribution >= 0.6 is 0 Å². The van der Waals surface area contributed by atoms with Crippen molar-refractivity contribution in [3.63, 3.8) is 0 Å². The molecule has 4 aromatic rings. The van der Waals surface area contributed by atoms with E-state index in [-0.39, 0.29) is 12.8 Å². The monoisotopic (exact) mass is 445 g/mol. The maximum Gasteiger partial charge on any atom is 0.320 e. The average Bonchev–Trinajstić information content (AvgIpc) is 3.52. The molecular weight excluding hydrogens is 426 g/mol. The molecule has 6 rings (SSSR count). The maximum atomic E-state index is 5.84. The molecule has 0 radical (unpaired) electrons. The van der Waals surface area contributed by atoms with Crippen LogP contribution in [-0.4, -0.2) is 35.2 Å². The third kappa shape index (κ3) is 3.93. The van der Waals surface area contributed by atoms with Crippen molar-refractivity contribution in [3.8, 4) is 34.5 Å². The van der Waals surface area contributed by atoms with Crippen molar-refractivity contribution in [1.82, 2.24) is 15.2 Å². The van der Waals surface area contributed by atoms with Crippen LogP contribution in [0.2, 0.25) is 0 Å². The third-order valence-electron chi connectivity index (χ3n) is 5.15. The molecule has 0 spiro atoms. The van der Waals surface area contributed by atoms with E-state index in [0.717, 1.165) is 22.7 Å². The molecule has 0 saturated heterocycles. The van der Waals surface area contributed by atoms with Gasteiger partial charge in [-0.2, -0.15) is 0 Å². The quantitative estimate of drug-likeness (QED) is 0.452. The zero-order valence-electron chi connectivity index (χ0n) is 17.4. The molecule has 10 heteroatoms. The van der Waals surface area contributed by atoms with Crippen molar-refractivity contribution in [2.45, 2.75) is 6.54 Å². The van der Waals surface area contributed by atoms with E-state index in [2.05, 4.69) is 25.8 Å². The number of anilines is 3. The van der Waals surface area contributed by atoms with Crippen LogP contribution in [0.5, 0.6) is 23.0 Å². The predicted molar refractivity (Wildman–Crippen MR) is 118 cm³/mol. The van der Waals surface area contributed by atoms with Crippen LogP contribution in [0.25, 0.3) is 11.5 Å². The Morgan fingerprint density at radius 1 is 0.818 bits per heavy atom. The second kappa shape index (κ2) is 8.23. The highest BCUT2D eigenvalue weighted by molar-refractivity contribution is 5.69. The lowest BCUT2D eigenvalue weighted by atomic mass is 10.2. The summed E-state index contributed by atoms with van der Waals surface area (Å²) in [7, 11) is 0. The molecule has 10 nitrogen and oxygen atoms in total. The number of rotatable bonds is 6. The summed E-state index contributed by atoms with van der Waals surface area (Å²) in [5.41, 5.74) is 2.48. The predicted octanol–water partition coefficient (Wildman–Crippen LogP) is 3.99. The number of ether oxygens (including phenoxy) is 4. The SMILES string of the molecule is c1cnc(NCc2ccc3c(c2)OCCO3)c(-c2nnc(Nc3ccc4c(c3)OCO4)o2)c1. The van der Waals surface area contributed by atoms with E-state index in [1.54, 1.807) is 6.20 Å². The number of hydrogen-bond acceptors (Lipinski definition) is 10. The number of nitrogens with one attached hydrogen (secondary N) is 2. The maximum absolute atomic E-state index is 5.84. The molecule has 0 fully saturated rings. The van der Waals surface area contributed by atoms with E-state index in [1.165, 1.54) is 0 Å². The summed E-state index contributed by atoms with van der Waals surface area (Å²) in [6.07, 6.45) is 1.71. The van der Waals surface area contributed by atoms with Gasteiger partial charge in [0.25, 0.3) is 5.89 Å². The van der Waals surface area contributed by atoms with E-state index in [9.17, 15) is 0 Å². The molecule has 0 aliphatic carbocycles. The molecule has 2 aromatic carbocycles. The first-order chi connectivity index (χ1) is 16.3. The van der Waals surface area contributed by atoms with E-state index >= 15 is 0 Å². The number of nitrogens with zero attached hydrogens (tertiary/aromatic N) is 3. The highest BCUT2D eigenvalue weighted by Gasteiger charge is 2.17. The fourth-order valence-corrected chi connectivity index (χ4v) is 3.58. The summed E-state index contributed by atoms with van der Waals surface area (Å²) < 4.78 is 27.8. The Labute approximate surface area is 188 Å². The first kappa shape index (κ1) is 19.2. The minimum absolute atomic E-state index is 0.215. The van der Waals surface area contributed by atoms with Gasteiger partial charge in [0.1, 0.15) is 19.0 Å². The molecule has 0 saturated carbocycles. The first-order valence-corrected chi connectivity index (χ1v) is 10.4. The number of aromatic nitrogens is 3. The molecule has 2 aliphatic rings. The van der Waals surface area contributed by atoms with Gasteiger partial charge in [0.2, 0.25) is 6.79 Å². The number of benzene rings is 2. The number of fused-ring (bicyclic) bond motifs is 2. The topological polar surface area (TPSA) is 113 Å². The van der Waals surface area contributed by atoms with Gasteiger partial charge in [0.15, 0.2) is 23.0 Å². The minimum atomic E-state index is 0.215. The third-order valence-corrected chi connectivity index (χ3v) is 5.15. The molecular formula is C23H19N5O5. The Morgan fingerprint density at radius 2 is 1.64 bits per heavy atom. The summed E-state index contributed by atoms with van der Waals surface area (Å²) in [4.78, 5) is 4.44. The van der Waals surface area contributed by atoms with Crippen molar-refractivity contribution in [2.24, 2.45) is 0 Å². The Morgan fingerprint density at radius 3 is 2.61 bits per heavy atom. The standard InChI is InChI=1S/C23H19N5O5/c1-2-16(21(24-7-1)25-12-14-3-5-17-19(10-14)30-9-8-29-17)22-27-28-23(33-22)26-15-4-6-18-20(11-15)32-13-31-18/h1-7,10-11H,8-9,12-13H2,(H,24,25)(H,26,28). The van der Waals surface area contributed by atoms with Crippen molar-refractivity contribution in [3.05, 3.63) is 60.3 Å². The van der Waals surface area contributed by atoms with Crippen molar-refractivity contribution < 1.29 is 23.4 Å². The van der Waals surface area contributed by atoms with E-state index in [1.807, 2.05) is 48.5 Å². The van der Waals surface area contributed by atoms with Crippen molar-refractivity contribution >= 4 is 17.5 Å². The van der Waals surface area contributed by atoms with Crippen LogP contribution in [-0.2, 0) is 6.54 Å².